The fourth-order valence-corrected chi connectivity index (χ4v) is 8.63. The molecule has 3 fully saturated rings. The third-order valence-electron chi connectivity index (χ3n) is 7.43. The lowest BCUT2D eigenvalue weighted by molar-refractivity contribution is -0.00719. The van der Waals surface area contributed by atoms with E-state index < -0.39 is 9.84 Å². The molecule has 3 aliphatic carbocycles. The van der Waals surface area contributed by atoms with E-state index in [-0.39, 0.29) is 15.9 Å². The Morgan fingerprint density at radius 2 is 1.52 bits per heavy atom. The number of hydrogen-bond acceptors (Lipinski definition) is 3. The summed E-state index contributed by atoms with van der Waals surface area (Å²) in [7, 11) is -3.04. The number of ether oxygens (including phenoxy) is 1. The molecule has 0 amide bonds. The first kappa shape index (κ1) is 21.9. The summed E-state index contributed by atoms with van der Waals surface area (Å²) in [5.41, 5.74) is 0. The summed E-state index contributed by atoms with van der Waals surface area (Å²) in [5, 5.41) is -0.139. The molecule has 0 aromatic carbocycles. The second-order valence-corrected chi connectivity index (χ2v) is 12.4. The lowest BCUT2D eigenvalue weighted by Crippen LogP contribution is -2.41. The van der Waals surface area contributed by atoms with E-state index in [1.54, 1.807) is 0 Å². The smallest absolute Gasteiger partial charge is 0.156 e. The molecule has 1 unspecified atom stereocenters. The van der Waals surface area contributed by atoms with Gasteiger partial charge in [-0.3, -0.25) is 0 Å². The molecule has 3 saturated carbocycles. The van der Waals surface area contributed by atoms with Crippen LogP contribution >= 0.6 is 11.6 Å². The Morgan fingerprint density at radius 1 is 0.889 bits per heavy atom. The third kappa shape index (κ3) is 5.85. The van der Waals surface area contributed by atoms with Crippen molar-refractivity contribution in [2.24, 2.45) is 11.8 Å². The third-order valence-corrected chi connectivity index (χ3v) is 10.8. The Kier molecular flexibility index (Phi) is 8.35. The van der Waals surface area contributed by atoms with Crippen LogP contribution in [0.25, 0.3) is 0 Å². The van der Waals surface area contributed by atoms with Gasteiger partial charge in [-0.15, -0.1) is 11.6 Å². The molecule has 0 spiro atoms. The van der Waals surface area contributed by atoms with Crippen molar-refractivity contribution in [2.75, 3.05) is 6.61 Å². The molecule has 0 aliphatic heterocycles. The molecule has 3 rings (SSSR count). The first-order valence-electron chi connectivity index (χ1n) is 11.5. The molecule has 0 saturated heterocycles. The molecular weight excluding hydrogens is 380 g/mol. The van der Waals surface area contributed by atoms with E-state index in [4.69, 9.17) is 16.3 Å². The lowest BCUT2D eigenvalue weighted by Gasteiger charge is -2.36. The van der Waals surface area contributed by atoms with Gasteiger partial charge in [-0.1, -0.05) is 26.2 Å². The zero-order valence-electron chi connectivity index (χ0n) is 17.1. The van der Waals surface area contributed by atoms with E-state index in [1.807, 2.05) is 0 Å². The number of alkyl halides is 1. The molecular formula is C22H39ClO3S. The Labute approximate surface area is 171 Å². The molecule has 3 aliphatic rings. The molecule has 1 atom stereocenters. The predicted octanol–water partition coefficient (Wildman–Crippen LogP) is 5.89. The van der Waals surface area contributed by atoms with Crippen LogP contribution in [0.1, 0.15) is 96.8 Å². The summed E-state index contributed by atoms with van der Waals surface area (Å²) in [5.74, 6) is 1.08. The quantitative estimate of drug-likeness (QED) is 0.484. The summed E-state index contributed by atoms with van der Waals surface area (Å²) < 4.78 is 32.8. The van der Waals surface area contributed by atoms with Crippen LogP contribution in [-0.2, 0) is 14.6 Å². The monoisotopic (exact) mass is 418 g/mol. The van der Waals surface area contributed by atoms with Gasteiger partial charge in [0.2, 0.25) is 0 Å². The largest absolute Gasteiger partial charge is 0.378 e. The van der Waals surface area contributed by atoms with Crippen molar-refractivity contribution in [1.82, 2.24) is 0 Å². The van der Waals surface area contributed by atoms with Gasteiger partial charge >= 0.3 is 0 Å². The number of sulfone groups is 1. The van der Waals surface area contributed by atoms with E-state index >= 15 is 0 Å². The molecule has 5 heteroatoms. The van der Waals surface area contributed by atoms with E-state index in [0.717, 1.165) is 70.3 Å². The Morgan fingerprint density at radius 3 is 2.11 bits per heavy atom. The highest BCUT2D eigenvalue weighted by Crippen LogP contribution is 2.38. The standard InChI is InChI=1S/C22H39ClO3S/c1-2-22(27(24,25)21-14-10-19(23)11-15-21)18-8-12-20(13-9-18)26-16-17-6-4-3-5-7-17/h17-22H,2-16H2,1H3. The zero-order valence-corrected chi connectivity index (χ0v) is 18.7. The van der Waals surface area contributed by atoms with Crippen molar-refractivity contribution in [3.63, 3.8) is 0 Å². The summed E-state index contributed by atoms with van der Waals surface area (Å²) in [6.45, 7) is 2.98. The number of hydrogen-bond donors (Lipinski definition) is 0. The van der Waals surface area contributed by atoms with Crippen LogP contribution < -0.4 is 0 Å². The maximum absolute atomic E-state index is 13.3. The van der Waals surface area contributed by atoms with E-state index in [0.29, 0.717) is 12.0 Å². The van der Waals surface area contributed by atoms with Crippen LogP contribution in [-0.4, -0.2) is 37.0 Å². The van der Waals surface area contributed by atoms with E-state index in [1.165, 1.54) is 32.1 Å². The fourth-order valence-electron chi connectivity index (χ4n) is 5.68. The van der Waals surface area contributed by atoms with Crippen molar-refractivity contribution in [3.05, 3.63) is 0 Å². The van der Waals surface area contributed by atoms with Gasteiger partial charge in [0.25, 0.3) is 0 Å². The predicted molar refractivity (Wildman–Crippen MR) is 113 cm³/mol. The van der Waals surface area contributed by atoms with Crippen molar-refractivity contribution in [3.8, 4) is 0 Å². The average molecular weight is 419 g/mol. The minimum Gasteiger partial charge on any atom is -0.378 e. The first-order valence-corrected chi connectivity index (χ1v) is 13.5. The summed E-state index contributed by atoms with van der Waals surface area (Å²) >= 11 is 6.19. The molecule has 0 radical (unpaired) electrons. The minimum atomic E-state index is -3.04. The minimum absolute atomic E-state index is 0.155. The maximum atomic E-state index is 13.3. The second kappa shape index (κ2) is 10.3. The average Bonchev–Trinajstić information content (AvgIpc) is 2.69. The Balaban J connectivity index is 1.47. The molecule has 158 valence electrons. The van der Waals surface area contributed by atoms with Crippen molar-refractivity contribution < 1.29 is 13.2 Å². The highest BCUT2D eigenvalue weighted by Gasteiger charge is 2.40. The van der Waals surface area contributed by atoms with Gasteiger partial charge in [-0.05, 0) is 82.5 Å². The Hall–Kier alpha value is 0.200. The van der Waals surface area contributed by atoms with Gasteiger partial charge in [0.05, 0.1) is 16.6 Å². The summed E-state index contributed by atoms with van der Waals surface area (Å²) in [6.07, 6.45) is 15.2. The van der Waals surface area contributed by atoms with Crippen LogP contribution in [0.4, 0.5) is 0 Å². The molecule has 3 nitrogen and oxygen atoms in total. The van der Waals surface area contributed by atoms with Gasteiger partial charge in [0, 0.05) is 12.0 Å². The van der Waals surface area contributed by atoms with Crippen LogP contribution in [0.15, 0.2) is 0 Å². The highest BCUT2D eigenvalue weighted by molar-refractivity contribution is 7.92. The van der Waals surface area contributed by atoms with Crippen molar-refractivity contribution in [2.45, 2.75) is 119 Å². The lowest BCUT2D eigenvalue weighted by atomic mass is 9.84. The molecule has 0 aromatic heterocycles. The Bertz CT molecular complexity index is 528. The van der Waals surface area contributed by atoms with Crippen LogP contribution in [0, 0.1) is 11.8 Å². The molecule has 0 heterocycles. The topological polar surface area (TPSA) is 43.4 Å². The summed E-state index contributed by atoms with van der Waals surface area (Å²) in [6, 6.07) is 0. The zero-order chi connectivity index (χ0) is 19.3. The highest BCUT2D eigenvalue weighted by atomic mass is 35.5. The van der Waals surface area contributed by atoms with Crippen LogP contribution in [0.2, 0.25) is 0 Å². The van der Waals surface area contributed by atoms with Gasteiger partial charge in [0.15, 0.2) is 9.84 Å². The first-order chi connectivity index (χ1) is 13.0. The second-order valence-electron chi connectivity index (χ2n) is 9.28. The van der Waals surface area contributed by atoms with E-state index in [9.17, 15) is 8.42 Å². The van der Waals surface area contributed by atoms with Gasteiger partial charge in [0.1, 0.15) is 0 Å². The maximum Gasteiger partial charge on any atom is 0.156 e. The molecule has 27 heavy (non-hydrogen) atoms. The summed E-state index contributed by atoms with van der Waals surface area (Å²) in [4.78, 5) is 0. The molecule has 0 bridgehead atoms. The van der Waals surface area contributed by atoms with E-state index in [2.05, 4.69) is 6.92 Å². The van der Waals surface area contributed by atoms with Crippen LogP contribution in [0.5, 0.6) is 0 Å². The number of rotatable bonds is 7. The van der Waals surface area contributed by atoms with Crippen LogP contribution in [0.3, 0.4) is 0 Å². The molecule has 0 N–H and O–H groups in total. The van der Waals surface area contributed by atoms with Crippen molar-refractivity contribution >= 4 is 21.4 Å². The van der Waals surface area contributed by atoms with Gasteiger partial charge in [-0.25, -0.2) is 8.42 Å². The SMILES string of the molecule is CCC(C1CCC(OCC2CCCCC2)CC1)S(=O)(=O)C1CCC(Cl)CC1. The normalized spacial score (nSPS) is 35.0. The van der Waals surface area contributed by atoms with Gasteiger partial charge in [-0.2, -0.15) is 0 Å². The van der Waals surface area contributed by atoms with Crippen molar-refractivity contribution in [1.29, 1.82) is 0 Å². The fraction of sp³-hybridized carbons (Fsp3) is 1.00. The molecule has 0 aromatic rings. The number of halogens is 1. The van der Waals surface area contributed by atoms with Gasteiger partial charge < -0.3 is 4.74 Å².